The van der Waals surface area contributed by atoms with E-state index in [0.717, 1.165) is 17.7 Å². The molecular formula is C16H20N4O. The number of benzene rings is 1. The zero-order valence-electron chi connectivity index (χ0n) is 12.3. The van der Waals surface area contributed by atoms with Gasteiger partial charge in [-0.15, -0.1) is 0 Å². The van der Waals surface area contributed by atoms with Crippen molar-refractivity contribution in [1.82, 2.24) is 10.3 Å². The molecule has 0 spiro atoms. The molecule has 0 aliphatic heterocycles. The second-order valence-electron chi connectivity index (χ2n) is 4.87. The average molecular weight is 284 g/mol. The Labute approximate surface area is 124 Å². The predicted octanol–water partition coefficient (Wildman–Crippen LogP) is 2.17. The summed E-state index contributed by atoms with van der Waals surface area (Å²) in [6.07, 6.45) is 2.53. The molecule has 1 heterocycles. The lowest BCUT2D eigenvalue weighted by molar-refractivity contribution is 0.0951. The Bertz CT molecular complexity index is 623. The minimum Gasteiger partial charge on any atom is -0.348 e. The maximum Gasteiger partial charge on any atom is 0.255 e. The van der Waals surface area contributed by atoms with Crippen LogP contribution < -0.4 is 16.6 Å². The van der Waals surface area contributed by atoms with Crippen LogP contribution in [0, 0.1) is 6.92 Å². The van der Waals surface area contributed by atoms with Crippen LogP contribution in [-0.2, 0) is 13.0 Å². The second kappa shape index (κ2) is 6.85. The maximum atomic E-state index is 12.2. The standard InChI is InChI=1S/C16H20N4O/c1-3-12-4-6-13(7-5-12)9-19-16(21)14-10-18-11(2)8-15(14)20-17/h4-8,10H,3,9,17H2,1-2H3,(H,18,20)(H,19,21). The van der Waals surface area contributed by atoms with E-state index in [4.69, 9.17) is 5.84 Å². The van der Waals surface area contributed by atoms with Crippen LogP contribution in [0.3, 0.4) is 0 Å². The molecular weight excluding hydrogens is 264 g/mol. The van der Waals surface area contributed by atoms with Gasteiger partial charge in [0.15, 0.2) is 0 Å². The van der Waals surface area contributed by atoms with Crippen LogP contribution in [0.1, 0.15) is 34.1 Å². The summed E-state index contributed by atoms with van der Waals surface area (Å²) < 4.78 is 0. The average Bonchev–Trinajstić information content (AvgIpc) is 2.52. The van der Waals surface area contributed by atoms with Crippen LogP contribution in [0.15, 0.2) is 36.5 Å². The number of hydrogen-bond acceptors (Lipinski definition) is 4. The summed E-state index contributed by atoms with van der Waals surface area (Å²) in [6.45, 7) is 4.43. The summed E-state index contributed by atoms with van der Waals surface area (Å²) in [4.78, 5) is 16.3. The molecule has 1 aromatic carbocycles. The summed E-state index contributed by atoms with van der Waals surface area (Å²) in [5, 5.41) is 2.87. The quantitative estimate of drug-likeness (QED) is 0.580. The van der Waals surface area contributed by atoms with Crippen molar-refractivity contribution < 1.29 is 4.79 Å². The number of carbonyl (C=O) groups is 1. The Morgan fingerprint density at radius 2 is 1.90 bits per heavy atom. The Kier molecular flexibility index (Phi) is 4.90. The molecule has 1 aromatic heterocycles. The number of nitrogens with zero attached hydrogens (tertiary/aromatic N) is 1. The number of pyridine rings is 1. The lowest BCUT2D eigenvalue weighted by Gasteiger charge is -2.10. The number of nitrogens with one attached hydrogen (secondary N) is 2. The fourth-order valence-electron chi connectivity index (χ4n) is 2.03. The lowest BCUT2D eigenvalue weighted by atomic mass is 10.1. The fraction of sp³-hybridized carbons (Fsp3) is 0.250. The molecule has 1 amide bonds. The van der Waals surface area contributed by atoms with E-state index in [1.165, 1.54) is 11.8 Å². The summed E-state index contributed by atoms with van der Waals surface area (Å²) in [5.74, 6) is 5.24. The maximum absolute atomic E-state index is 12.2. The molecule has 5 nitrogen and oxygen atoms in total. The first kappa shape index (κ1) is 15.0. The Hall–Kier alpha value is -2.40. The van der Waals surface area contributed by atoms with Gasteiger partial charge in [-0.25, -0.2) is 0 Å². The highest BCUT2D eigenvalue weighted by Crippen LogP contribution is 2.14. The molecule has 0 saturated carbocycles. The fourth-order valence-corrected chi connectivity index (χ4v) is 2.03. The molecule has 0 aliphatic rings. The van der Waals surface area contributed by atoms with Crippen LogP contribution >= 0.6 is 0 Å². The Balaban J connectivity index is 2.04. The van der Waals surface area contributed by atoms with Crippen molar-refractivity contribution >= 4 is 11.6 Å². The van der Waals surface area contributed by atoms with Crippen molar-refractivity contribution in [2.45, 2.75) is 26.8 Å². The molecule has 0 bridgehead atoms. The van der Waals surface area contributed by atoms with E-state index in [0.29, 0.717) is 17.8 Å². The number of aryl methyl sites for hydroxylation is 2. The number of hydrazine groups is 1. The number of nitrogens with two attached hydrogens (primary N) is 1. The lowest BCUT2D eigenvalue weighted by Crippen LogP contribution is -2.25. The molecule has 4 N–H and O–H groups in total. The third-order valence-corrected chi connectivity index (χ3v) is 3.33. The highest BCUT2D eigenvalue weighted by molar-refractivity contribution is 5.99. The van der Waals surface area contributed by atoms with Gasteiger partial charge < -0.3 is 10.7 Å². The van der Waals surface area contributed by atoms with E-state index < -0.39 is 0 Å². The summed E-state index contributed by atoms with van der Waals surface area (Å²) in [7, 11) is 0. The van der Waals surface area contributed by atoms with Gasteiger partial charge >= 0.3 is 0 Å². The van der Waals surface area contributed by atoms with E-state index >= 15 is 0 Å². The zero-order chi connectivity index (χ0) is 15.2. The summed E-state index contributed by atoms with van der Waals surface area (Å²) >= 11 is 0. The minimum atomic E-state index is -0.199. The van der Waals surface area contributed by atoms with E-state index in [1.54, 1.807) is 6.07 Å². The second-order valence-corrected chi connectivity index (χ2v) is 4.87. The van der Waals surface area contributed by atoms with E-state index in [1.807, 2.05) is 19.1 Å². The van der Waals surface area contributed by atoms with Gasteiger partial charge in [-0.2, -0.15) is 0 Å². The molecule has 21 heavy (non-hydrogen) atoms. The normalized spacial score (nSPS) is 10.2. The third kappa shape index (κ3) is 3.79. The van der Waals surface area contributed by atoms with Crippen molar-refractivity contribution in [1.29, 1.82) is 0 Å². The first-order valence-corrected chi connectivity index (χ1v) is 6.93. The molecule has 2 aromatic rings. The van der Waals surface area contributed by atoms with Crippen LogP contribution in [-0.4, -0.2) is 10.9 Å². The highest BCUT2D eigenvalue weighted by atomic mass is 16.1. The van der Waals surface area contributed by atoms with Gasteiger partial charge in [-0.1, -0.05) is 31.2 Å². The zero-order valence-corrected chi connectivity index (χ0v) is 12.3. The molecule has 0 aliphatic carbocycles. The third-order valence-electron chi connectivity index (χ3n) is 3.33. The predicted molar refractivity (Wildman–Crippen MR) is 83.8 cm³/mol. The Morgan fingerprint density at radius 1 is 1.24 bits per heavy atom. The summed E-state index contributed by atoms with van der Waals surface area (Å²) in [5.41, 5.74) is 6.68. The monoisotopic (exact) mass is 284 g/mol. The number of amides is 1. The van der Waals surface area contributed by atoms with E-state index in [-0.39, 0.29) is 5.91 Å². The number of aromatic nitrogens is 1. The number of nitrogen functional groups attached to an aromatic ring is 1. The largest absolute Gasteiger partial charge is 0.348 e. The molecule has 0 fully saturated rings. The van der Waals surface area contributed by atoms with E-state index in [9.17, 15) is 4.79 Å². The van der Waals surface area contributed by atoms with Crippen LogP contribution in [0.25, 0.3) is 0 Å². The molecule has 0 saturated heterocycles. The topological polar surface area (TPSA) is 80.0 Å². The number of rotatable bonds is 5. The molecule has 110 valence electrons. The summed E-state index contributed by atoms with van der Waals surface area (Å²) in [6, 6.07) is 9.93. The van der Waals surface area contributed by atoms with Crippen LogP contribution in [0.2, 0.25) is 0 Å². The number of hydrogen-bond donors (Lipinski definition) is 3. The highest BCUT2D eigenvalue weighted by Gasteiger charge is 2.11. The van der Waals surface area contributed by atoms with Gasteiger partial charge in [0, 0.05) is 18.4 Å². The molecule has 5 heteroatoms. The SMILES string of the molecule is CCc1ccc(CNC(=O)c2cnc(C)cc2NN)cc1. The van der Waals surface area contributed by atoms with Crippen molar-refractivity contribution in [3.8, 4) is 0 Å². The smallest absolute Gasteiger partial charge is 0.255 e. The van der Waals surface area contributed by atoms with Crippen molar-refractivity contribution in [3.63, 3.8) is 0 Å². The van der Waals surface area contributed by atoms with Gasteiger partial charge in [-0.3, -0.25) is 15.6 Å². The Morgan fingerprint density at radius 3 is 2.52 bits per heavy atom. The number of anilines is 1. The van der Waals surface area contributed by atoms with Crippen molar-refractivity contribution in [2.75, 3.05) is 5.43 Å². The molecule has 0 atom stereocenters. The molecule has 2 rings (SSSR count). The van der Waals surface area contributed by atoms with Crippen molar-refractivity contribution in [2.24, 2.45) is 5.84 Å². The first-order valence-electron chi connectivity index (χ1n) is 6.93. The van der Waals surface area contributed by atoms with Crippen molar-refractivity contribution in [3.05, 3.63) is 58.9 Å². The van der Waals surface area contributed by atoms with Gasteiger partial charge in [0.05, 0.1) is 11.3 Å². The van der Waals surface area contributed by atoms with Gasteiger partial charge in [0.2, 0.25) is 0 Å². The number of carbonyl (C=O) groups excluding carboxylic acids is 1. The van der Waals surface area contributed by atoms with Gasteiger partial charge in [-0.05, 0) is 30.5 Å². The first-order chi connectivity index (χ1) is 10.1. The van der Waals surface area contributed by atoms with Crippen LogP contribution in [0.5, 0.6) is 0 Å². The van der Waals surface area contributed by atoms with Gasteiger partial charge in [0.1, 0.15) is 0 Å². The molecule has 0 unspecified atom stereocenters. The van der Waals surface area contributed by atoms with Gasteiger partial charge in [0.25, 0.3) is 5.91 Å². The van der Waals surface area contributed by atoms with Crippen LogP contribution in [0.4, 0.5) is 5.69 Å². The minimum absolute atomic E-state index is 0.199. The van der Waals surface area contributed by atoms with E-state index in [2.05, 4.69) is 34.8 Å². The molecule has 0 radical (unpaired) electrons.